The fourth-order valence-corrected chi connectivity index (χ4v) is 4.31. The number of ether oxygens (including phenoxy) is 1. The van der Waals surface area contributed by atoms with Crippen molar-refractivity contribution in [1.29, 1.82) is 0 Å². The normalized spacial score (nSPS) is 16.2. The molecular formula is C29H21ClO2. The van der Waals surface area contributed by atoms with Gasteiger partial charge in [0.15, 0.2) is 5.78 Å². The van der Waals surface area contributed by atoms with Crippen LogP contribution in [0.25, 0.3) is 6.08 Å². The summed E-state index contributed by atoms with van der Waals surface area (Å²) >= 11 is 6.01. The molecule has 1 atom stereocenters. The summed E-state index contributed by atoms with van der Waals surface area (Å²) in [6, 6.07) is 31.3. The zero-order valence-corrected chi connectivity index (χ0v) is 18.3. The highest BCUT2D eigenvalue weighted by atomic mass is 35.5. The van der Waals surface area contributed by atoms with E-state index in [9.17, 15) is 4.79 Å². The summed E-state index contributed by atoms with van der Waals surface area (Å²) in [5, 5.41) is 0.638. The molecule has 0 fully saturated rings. The van der Waals surface area contributed by atoms with Crippen LogP contribution in [0.3, 0.4) is 0 Å². The van der Waals surface area contributed by atoms with E-state index >= 15 is 0 Å². The molecule has 1 aliphatic carbocycles. The summed E-state index contributed by atoms with van der Waals surface area (Å²) in [5.41, 5.74) is 5.61. The van der Waals surface area contributed by atoms with Gasteiger partial charge in [-0.25, -0.2) is 0 Å². The van der Waals surface area contributed by atoms with Crippen molar-refractivity contribution in [3.63, 3.8) is 0 Å². The summed E-state index contributed by atoms with van der Waals surface area (Å²) in [5.74, 6) is 1.05. The van der Waals surface area contributed by atoms with Crippen LogP contribution in [0, 0.1) is 6.92 Å². The molecule has 4 aromatic carbocycles. The Kier molecular flexibility index (Phi) is 5.38. The number of ketones is 1. The van der Waals surface area contributed by atoms with Crippen molar-refractivity contribution >= 4 is 23.5 Å². The van der Waals surface area contributed by atoms with Crippen LogP contribution in [-0.4, -0.2) is 5.78 Å². The smallest absolute Gasteiger partial charge is 0.194 e. The van der Waals surface area contributed by atoms with E-state index in [2.05, 4.69) is 31.2 Å². The molecule has 0 bridgehead atoms. The van der Waals surface area contributed by atoms with Crippen LogP contribution in [0.1, 0.15) is 38.5 Å². The van der Waals surface area contributed by atoms with Gasteiger partial charge < -0.3 is 4.74 Å². The second-order valence-corrected chi connectivity index (χ2v) is 8.40. The van der Waals surface area contributed by atoms with Crippen molar-refractivity contribution in [3.05, 3.63) is 135 Å². The molecular weight excluding hydrogens is 416 g/mol. The second-order valence-electron chi connectivity index (χ2n) is 7.96. The third-order valence-electron chi connectivity index (χ3n) is 5.74. The minimum atomic E-state index is -0.145. The molecule has 5 rings (SSSR count). The summed E-state index contributed by atoms with van der Waals surface area (Å²) in [6.07, 6.45) is 2.01. The number of carbonyl (C=O) groups is 1. The lowest BCUT2D eigenvalue weighted by molar-refractivity contribution is 0.103. The predicted molar refractivity (Wildman–Crippen MR) is 130 cm³/mol. The molecule has 0 heterocycles. The highest BCUT2D eigenvalue weighted by Gasteiger charge is 2.38. The summed E-state index contributed by atoms with van der Waals surface area (Å²) < 4.78 is 6.14. The highest BCUT2D eigenvalue weighted by Crippen LogP contribution is 2.46. The molecule has 0 aromatic heterocycles. The number of rotatable bonds is 4. The van der Waals surface area contributed by atoms with E-state index < -0.39 is 0 Å². The molecule has 0 saturated heterocycles. The zero-order valence-electron chi connectivity index (χ0n) is 17.6. The van der Waals surface area contributed by atoms with Gasteiger partial charge in [-0.15, -0.1) is 0 Å². The Morgan fingerprint density at radius 1 is 0.812 bits per heavy atom. The zero-order chi connectivity index (χ0) is 22.1. The van der Waals surface area contributed by atoms with Crippen molar-refractivity contribution in [2.75, 3.05) is 0 Å². The molecule has 0 saturated carbocycles. The summed E-state index contributed by atoms with van der Waals surface area (Å²) in [6.45, 7) is 2.06. The van der Waals surface area contributed by atoms with Crippen molar-refractivity contribution in [3.8, 4) is 11.5 Å². The minimum Gasteiger partial charge on any atom is -0.457 e. The van der Waals surface area contributed by atoms with E-state index in [0.29, 0.717) is 22.1 Å². The number of aryl methyl sites for hydroxylation is 1. The molecule has 0 unspecified atom stereocenters. The van der Waals surface area contributed by atoms with Crippen molar-refractivity contribution < 1.29 is 9.53 Å². The van der Waals surface area contributed by atoms with Crippen LogP contribution in [0.5, 0.6) is 11.5 Å². The number of Topliss-reactive ketones (excluding diaryl/α,β-unsaturated/α-hetero) is 1. The van der Waals surface area contributed by atoms with Crippen LogP contribution < -0.4 is 4.74 Å². The third kappa shape index (κ3) is 3.86. The first-order chi connectivity index (χ1) is 15.6. The largest absolute Gasteiger partial charge is 0.457 e. The highest BCUT2D eigenvalue weighted by molar-refractivity contribution is 6.30. The molecule has 0 spiro atoms. The molecule has 0 aliphatic heterocycles. The van der Waals surface area contributed by atoms with Crippen molar-refractivity contribution in [2.24, 2.45) is 0 Å². The summed E-state index contributed by atoms with van der Waals surface area (Å²) in [4.78, 5) is 13.7. The molecule has 0 amide bonds. The minimum absolute atomic E-state index is 0.000934. The van der Waals surface area contributed by atoms with Gasteiger partial charge in [0.05, 0.1) is 5.56 Å². The monoisotopic (exact) mass is 436 g/mol. The van der Waals surface area contributed by atoms with E-state index in [0.717, 1.165) is 22.3 Å². The van der Waals surface area contributed by atoms with Gasteiger partial charge in [0.1, 0.15) is 11.5 Å². The topological polar surface area (TPSA) is 26.3 Å². The van der Waals surface area contributed by atoms with Crippen LogP contribution in [0.4, 0.5) is 0 Å². The first kappa shape index (κ1) is 20.3. The number of allylic oxidation sites excluding steroid dienone is 1. The molecule has 0 radical (unpaired) electrons. The Balaban J connectivity index is 1.64. The van der Waals surface area contributed by atoms with E-state index in [1.807, 2.05) is 54.6 Å². The fourth-order valence-electron chi connectivity index (χ4n) is 4.18. The lowest BCUT2D eigenvalue weighted by atomic mass is 9.89. The van der Waals surface area contributed by atoms with Gasteiger partial charge in [-0.05, 0) is 60.0 Å². The fraction of sp³-hybridized carbons (Fsp3) is 0.0690. The van der Waals surface area contributed by atoms with Gasteiger partial charge in [0.25, 0.3) is 0 Å². The number of hydrogen-bond acceptors (Lipinski definition) is 2. The van der Waals surface area contributed by atoms with Gasteiger partial charge in [-0.2, -0.15) is 0 Å². The average molecular weight is 437 g/mol. The standard InChI is InChI=1S/C29H21ClO2/c1-19-10-12-20(13-11-19)18-25-27(21-6-3-2-4-7-21)24-8-5-9-26(28(24)29(25)31)32-23-16-14-22(30)15-17-23/h2-18,27H,1H3/b25-18-/t27-/m0/s1. The maximum Gasteiger partial charge on any atom is 0.194 e. The van der Waals surface area contributed by atoms with Gasteiger partial charge in [-0.1, -0.05) is 83.9 Å². The Morgan fingerprint density at radius 3 is 2.25 bits per heavy atom. The Morgan fingerprint density at radius 2 is 1.53 bits per heavy atom. The van der Waals surface area contributed by atoms with E-state index in [1.54, 1.807) is 24.3 Å². The molecule has 0 N–H and O–H groups in total. The molecule has 156 valence electrons. The Hall–Kier alpha value is -3.62. The van der Waals surface area contributed by atoms with Crippen molar-refractivity contribution in [1.82, 2.24) is 0 Å². The van der Waals surface area contributed by atoms with Gasteiger partial charge in [0, 0.05) is 16.5 Å². The number of benzene rings is 4. The van der Waals surface area contributed by atoms with Crippen LogP contribution in [0.15, 0.2) is 103 Å². The average Bonchev–Trinajstić information content (AvgIpc) is 3.10. The second kappa shape index (κ2) is 8.49. The maximum absolute atomic E-state index is 13.7. The Labute approximate surface area is 192 Å². The SMILES string of the molecule is Cc1ccc(/C=C2\C(=O)c3c(Oc4ccc(Cl)cc4)cccc3[C@@H]2c2ccccc2)cc1. The van der Waals surface area contributed by atoms with Gasteiger partial charge in [0.2, 0.25) is 0 Å². The predicted octanol–water partition coefficient (Wildman–Crippen LogP) is 7.85. The number of hydrogen-bond donors (Lipinski definition) is 0. The number of carbonyl (C=O) groups excluding carboxylic acids is 1. The number of halogens is 1. The quantitative estimate of drug-likeness (QED) is 0.304. The molecule has 4 aromatic rings. The van der Waals surface area contributed by atoms with E-state index in [-0.39, 0.29) is 11.7 Å². The van der Waals surface area contributed by atoms with Crippen LogP contribution in [-0.2, 0) is 0 Å². The maximum atomic E-state index is 13.7. The van der Waals surface area contributed by atoms with E-state index in [1.165, 1.54) is 5.56 Å². The Bertz CT molecular complexity index is 1300. The van der Waals surface area contributed by atoms with Gasteiger partial charge in [-0.3, -0.25) is 4.79 Å². The first-order valence-electron chi connectivity index (χ1n) is 10.5. The molecule has 32 heavy (non-hydrogen) atoms. The lowest BCUT2D eigenvalue weighted by Crippen LogP contribution is -2.02. The molecule has 1 aliphatic rings. The van der Waals surface area contributed by atoms with Crippen LogP contribution in [0.2, 0.25) is 5.02 Å². The van der Waals surface area contributed by atoms with Crippen LogP contribution >= 0.6 is 11.6 Å². The third-order valence-corrected chi connectivity index (χ3v) is 6.00. The first-order valence-corrected chi connectivity index (χ1v) is 10.9. The molecule has 2 nitrogen and oxygen atoms in total. The van der Waals surface area contributed by atoms with Crippen molar-refractivity contribution in [2.45, 2.75) is 12.8 Å². The number of fused-ring (bicyclic) bond motifs is 1. The van der Waals surface area contributed by atoms with E-state index in [4.69, 9.17) is 16.3 Å². The summed E-state index contributed by atoms with van der Waals surface area (Å²) in [7, 11) is 0. The molecule has 3 heteroatoms. The lowest BCUT2D eigenvalue weighted by Gasteiger charge is -2.14. The van der Waals surface area contributed by atoms with Gasteiger partial charge >= 0.3 is 0 Å².